The van der Waals surface area contributed by atoms with E-state index in [1.807, 2.05) is 13.8 Å². The van der Waals surface area contributed by atoms with Gasteiger partial charge in [-0.15, -0.1) is 0 Å². The molecule has 2 rings (SSSR count). The van der Waals surface area contributed by atoms with E-state index in [0.717, 1.165) is 17.7 Å². The zero-order valence-corrected chi connectivity index (χ0v) is 14.3. The second kappa shape index (κ2) is 7.72. The van der Waals surface area contributed by atoms with Gasteiger partial charge in [-0.05, 0) is 38.3 Å². The first-order valence-corrected chi connectivity index (χ1v) is 8.07. The summed E-state index contributed by atoms with van der Waals surface area (Å²) >= 11 is 0. The van der Waals surface area contributed by atoms with Gasteiger partial charge in [0.1, 0.15) is 11.5 Å². The van der Waals surface area contributed by atoms with Crippen LogP contribution >= 0.6 is 0 Å². The van der Waals surface area contributed by atoms with Crippen molar-refractivity contribution in [1.82, 2.24) is 14.9 Å². The van der Waals surface area contributed by atoms with E-state index in [-0.39, 0.29) is 5.91 Å². The maximum absolute atomic E-state index is 12.2. The molecule has 1 N–H and O–H groups in total. The number of nitrogens with zero attached hydrogens (tertiary/aromatic N) is 3. The number of nitrogens with one attached hydrogen (secondary N) is 1. The standard InChI is InChI=1S/C18H24N4O/c1-5-14-10-8-9-13(4)17(14)21-16-12-19-15(11-20-16)18(23)22(6-2)7-3/h8-12H,5-7H2,1-4H3,(H,20,21). The van der Waals surface area contributed by atoms with Crippen LogP contribution in [0, 0.1) is 6.92 Å². The van der Waals surface area contributed by atoms with E-state index in [2.05, 4.69) is 47.3 Å². The Labute approximate surface area is 137 Å². The number of benzene rings is 1. The van der Waals surface area contributed by atoms with Gasteiger partial charge < -0.3 is 10.2 Å². The van der Waals surface area contributed by atoms with Gasteiger partial charge in [0.2, 0.25) is 0 Å². The lowest BCUT2D eigenvalue weighted by Gasteiger charge is -2.18. The summed E-state index contributed by atoms with van der Waals surface area (Å²) in [5, 5.41) is 3.32. The number of amides is 1. The fraction of sp³-hybridized carbons (Fsp3) is 0.389. The maximum atomic E-state index is 12.2. The SMILES string of the molecule is CCc1cccc(C)c1Nc1cnc(C(=O)N(CC)CC)cn1. The van der Waals surface area contributed by atoms with Gasteiger partial charge in [0.25, 0.3) is 5.91 Å². The van der Waals surface area contributed by atoms with Crippen molar-refractivity contribution in [1.29, 1.82) is 0 Å². The largest absolute Gasteiger partial charge is 0.339 e. The molecular weight excluding hydrogens is 288 g/mol. The summed E-state index contributed by atoms with van der Waals surface area (Å²) in [7, 11) is 0. The summed E-state index contributed by atoms with van der Waals surface area (Å²) in [6.07, 6.45) is 4.09. The van der Waals surface area contributed by atoms with Gasteiger partial charge in [-0.25, -0.2) is 9.97 Å². The summed E-state index contributed by atoms with van der Waals surface area (Å²) in [4.78, 5) is 22.6. The van der Waals surface area contributed by atoms with Crippen molar-refractivity contribution < 1.29 is 4.79 Å². The van der Waals surface area contributed by atoms with E-state index < -0.39 is 0 Å². The summed E-state index contributed by atoms with van der Waals surface area (Å²) in [6.45, 7) is 9.43. The molecular formula is C18H24N4O. The molecule has 2 aromatic rings. The molecule has 1 amide bonds. The predicted octanol–water partition coefficient (Wildman–Crippen LogP) is 3.57. The van der Waals surface area contributed by atoms with E-state index in [4.69, 9.17) is 0 Å². The van der Waals surface area contributed by atoms with E-state index in [1.165, 1.54) is 11.8 Å². The van der Waals surface area contributed by atoms with Crippen molar-refractivity contribution in [3.8, 4) is 0 Å². The van der Waals surface area contributed by atoms with Crippen molar-refractivity contribution in [2.75, 3.05) is 18.4 Å². The van der Waals surface area contributed by atoms with Crippen LogP contribution in [-0.2, 0) is 6.42 Å². The number of carbonyl (C=O) groups is 1. The molecule has 0 fully saturated rings. The number of anilines is 2. The maximum Gasteiger partial charge on any atom is 0.274 e. The van der Waals surface area contributed by atoms with E-state index in [9.17, 15) is 4.79 Å². The molecule has 0 aliphatic carbocycles. The summed E-state index contributed by atoms with van der Waals surface area (Å²) < 4.78 is 0. The first kappa shape index (κ1) is 16.9. The number of hydrogen-bond acceptors (Lipinski definition) is 4. The molecule has 0 atom stereocenters. The monoisotopic (exact) mass is 312 g/mol. The molecule has 0 aliphatic rings. The Balaban J connectivity index is 2.20. The van der Waals surface area contributed by atoms with Crippen LogP contribution in [-0.4, -0.2) is 33.9 Å². The lowest BCUT2D eigenvalue weighted by molar-refractivity contribution is 0.0766. The molecule has 0 unspecified atom stereocenters. The molecule has 0 spiro atoms. The van der Waals surface area contributed by atoms with Crippen molar-refractivity contribution >= 4 is 17.4 Å². The Morgan fingerprint density at radius 3 is 2.43 bits per heavy atom. The minimum atomic E-state index is -0.0841. The second-order valence-electron chi connectivity index (χ2n) is 5.35. The zero-order valence-electron chi connectivity index (χ0n) is 14.3. The molecule has 5 nitrogen and oxygen atoms in total. The third kappa shape index (κ3) is 3.86. The van der Waals surface area contributed by atoms with Gasteiger partial charge >= 0.3 is 0 Å². The highest BCUT2D eigenvalue weighted by Crippen LogP contribution is 2.24. The van der Waals surface area contributed by atoms with Crippen molar-refractivity contribution in [2.45, 2.75) is 34.1 Å². The average molecular weight is 312 g/mol. The topological polar surface area (TPSA) is 58.1 Å². The molecule has 1 heterocycles. The Bertz CT molecular complexity index is 663. The Morgan fingerprint density at radius 2 is 1.87 bits per heavy atom. The Morgan fingerprint density at radius 1 is 1.13 bits per heavy atom. The molecule has 1 aromatic heterocycles. The molecule has 0 aliphatic heterocycles. The van der Waals surface area contributed by atoms with Crippen LogP contribution in [0.1, 0.15) is 42.4 Å². The molecule has 1 aromatic carbocycles. The fourth-order valence-corrected chi connectivity index (χ4v) is 2.51. The number of para-hydroxylation sites is 1. The summed E-state index contributed by atoms with van der Waals surface area (Å²) in [5.74, 6) is 0.560. The van der Waals surface area contributed by atoms with Crippen LogP contribution in [0.4, 0.5) is 11.5 Å². The van der Waals surface area contributed by atoms with Crippen LogP contribution < -0.4 is 5.32 Å². The molecule has 0 saturated heterocycles. The predicted molar refractivity (Wildman–Crippen MR) is 93.1 cm³/mol. The third-order valence-corrected chi connectivity index (χ3v) is 3.91. The molecule has 5 heteroatoms. The summed E-state index contributed by atoms with van der Waals surface area (Å²) in [5.41, 5.74) is 3.83. The first-order chi connectivity index (χ1) is 11.1. The van der Waals surface area contributed by atoms with E-state index in [0.29, 0.717) is 24.6 Å². The molecule has 122 valence electrons. The van der Waals surface area contributed by atoms with Gasteiger partial charge in [0.15, 0.2) is 0 Å². The second-order valence-corrected chi connectivity index (χ2v) is 5.35. The number of hydrogen-bond donors (Lipinski definition) is 1. The Kier molecular flexibility index (Phi) is 5.68. The molecule has 23 heavy (non-hydrogen) atoms. The normalized spacial score (nSPS) is 10.4. The van der Waals surface area contributed by atoms with Crippen LogP contribution in [0.25, 0.3) is 0 Å². The van der Waals surface area contributed by atoms with Crippen molar-refractivity contribution in [3.05, 3.63) is 47.4 Å². The smallest absolute Gasteiger partial charge is 0.274 e. The van der Waals surface area contributed by atoms with Crippen LogP contribution in [0.5, 0.6) is 0 Å². The zero-order chi connectivity index (χ0) is 16.8. The van der Waals surface area contributed by atoms with Crippen LogP contribution in [0.2, 0.25) is 0 Å². The fourth-order valence-electron chi connectivity index (χ4n) is 2.51. The minimum absolute atomic E-state index is 0.0841. The first-order valence-electron chi connectivity index (χ1n) is 8.07. The lowest BCUT2D eigenvalue weighted by atomic mass is 10.1. The van der Waals surface area contributed by atoms with E-state index >= 15 is 0 Å². The number of aryl methyl sites for hydroxylation is 2. The molecule has 0 radical (unpaired) electrons. The van der Waals surface area contributed by atoms with Gasteiger partial charge in [-0.3, -0.25) is 4.79 Å². The molecule has 0 bridgehead atoms. The number of aromatic nitrogens is 2. The van der Waals surface area contributed by atoms with Crippen molar-refractivity contribution in [3.63, 3.8) is 0 Å². The highest BCUT2D eigenvalue weighted by atomic mass is 16.2. The summed E-state index contributed by atoms with van der Waals surface area (Å²) in [6, 6.07) is 6.21. The third-order valence-electron chi connectivity index (χ3n) is 3.91. The van der Waals surface area contributed by atoms with Gasteiger partial charge in [-0.2, -0.15) is 0 Å². The number of carbonyl (C=O) groups excluding carboxylic acids is 1. The van der Waals surface area contributed by atoms with Crippen LogP contribution in [0.3, 0.4) is 0 Å². The van der Waals surface area contributed by atoms with Crippen LogP contribution in [0.15, 0.2) is 30.6 Å². The molecule has 0 saturated carbocycles. The van der Waals surface area contributed by atoms with Gasteiger partial charge in [0, 0.05) is 18.8 Å². The highest BCUT2D eigenvalue weighted by Gasteiger charge is 2.14. The van der Waals surface area contributed by atoms with Gasteiger partial charge in [-0.1, -0.05) is 25.1 Å². The quantitative estimate of drug-likeness (QED) is 0.886. The minimum Gasteiger partial charge on any atom is -0.339 e. The van der Waals surface area contributed by atoms with Crippen molar-refractivity contribution in [2.24, 2.45) is 0 Å². The highest BCUT2D eigenvalue weighted by molar-refractivity contribution is 5.92. The number of rotatable bonds is 6. The van der Waals surface area contributed by atoms with E-state index in [1.54, 1.807) is 11.1 Å². The Hall–Kier alpha value is -2.43. The lowest BCUT2D eigenvalue weighted by Crippen LogP contribution is -2.31. The average Bonchev–Trinajstić information content (AvgIpc) is 2.58. The van der Waals surface area contributed by atoms with Gasteiger partial charge in [0.05, 0.1) is 12.4 Å².